The molecule has 2 aromatic carbocycles. The second-order valence-corrected chi connectivity index (χ2v) is 7.01. The first-order valence-corrected chi connectivity index (χ1v) is 9.37. The second-order valence-electron chi connectivity index (χ2n) is 6.06. The molecular weight excluding hydrogens is 354 g/mol. The van der Waals surface area contributed by atoms with Crippen molar-refractivity contribution < 1.29 is 4.74 Å². The fourth-order valence-electron chi connectivity index (χ4n) is 2.63. The van der Waals surface area contributed by atoms with E-state index >= 15 is 0 Å². The van der Waals surface area contributed by atoms with Crippen molar-refractivity contribution in [3.05, 3.63) is 88.3 Å². The number of hydrogen-bond acceptors (Lipinski definition) is 5. The van der Waals surface area contributed by atoms with E-state index in [0.29, 0.717) is 5.56 Å². The minimum atomic E-state index is 0.0859. The van der Waals surface area contributed by atoms with Crippen LogP contribution >= 0.6 is 11.3 Å². The average Bonchev–Trinajstić information content (AvgIpc) is 3.08. The highest BCUT2D eigenvalue weighted by Gasteiger charge is 2.07. The third-order valence-electron chi connectivity index (χ3n) is 4.17. The molecule has 4 nitrogen and oxygen atoms in total. The van der Waals surface area contributed by atoms with E-state index in [0.717, 1.165) is 27.3 Å². The Bertz CT molecular complexity index is 987. The summed E-state index contributed by atoms with van der Waals surface area (Å²) in [6.07, 6.45) is 3.10. The van der Waals surface area contributed by atoms with Gasteiger partial charge in [-0.3, -0.25) is 10.8 Å². The maximum Gasteiger partial charge on any atom is 0.218 e. The molecule has 0 aliphatic heterocycles. The van der Waals surface area contributed by atoms with Crippen LogP contribution in [0, 0.1) is 19.3 Å². The second kappa shape index (κ2) is 8.47. The quantitative estimate of drug-likeness (QED) is 0.242. The normalized spacial score (nSPS) is 10.7. The lowest BCUT2D eigenvalue weighted by molar-refractivity contribution is 0.471. The first-order chi connectivity index (χ1) is 13.1. The van der Waals surface area contributed by atoms with Crippen LogP contribution in [-0.4, -0.2) is 12.1 Å². The zero-order chi connectivity index (χ0) is 19.2. The Balaban J connectivity index is 1.76. The number of nitrogens with one attached hydrogen (secondary N) is 2. The Morgan fingerprint density at radius 1 is 1.11 bits per heavy atom. The third kappa shape index (κ3) is 4.51. The number of anilines is 1. The molecule has 0 unspecified atom stereocenters. The molecule has 27 heavy (non-hydrogen) atoms. The van der Waals surface area contributed by atoms with Gasteiger partial charge >= 0.3 is 0 Å². The van der Waals surface area contributed by atoms with Crippen LogP contribution in [0.5, 0.6) is 0 Å². The Kier molecular flexibility index (Phi) is 5.84. The third-order valence-corrected chi connectivity index (χ3v) is 5.13. The van der Waals surface area contributed by atoms with Gasteiger partial charge in [0, 0.05) is 10.4 Å². The molecule has 0 amide bonds. The number of benzene rings is 2. The Morgan fingerprint density at radius 2 is 1.89 bits per heavy atom. The van der Waals surface area contributed by atoms with Crippen LogP contribution in [0.4, 0.5) is 5.69 Å². The van der Waals surface area contributed by atoms with Crippen molar-refractivity contribution in [2.45, 2.75) is 13.8 Å². The number of rotatable bonds is 6. The van der Waals surface area contributed by atoms with Crippen LogP contribution in [0.3, 0.4) is 0 Å². The molecular formula is C22H21N3OS. The van der Waals surface area contributed by atoms with Gasteiger partial charge in [0.2, 0.25) is 5.90 Å². The lowest BCUT2D eigenvalue weighted by atomic mass is 9.98. The molecule has 2 N–H and O–H groups in total. The number of nitrogens with zero attached hydrogens (tertiary/aromatic N) is 1. The molecule has 3 aromatic rings. The molecule has 3 rings (SSSR count). The first-order valence-electron chi connectivity index (χ1n) is 8.49. The summed E-state index contributed by atoms with van der Waals surface area (Å²) in [5.74, 6) is 0.0859. The summed E-state index contributed by atoms with van der Waals surface area (Å²) < 4.78 is 5.08. The molecule has 5 heteroatoms. The molecule has 1 aromatic heterocycles. The van der Waals surface area contributed by atoms with Crippen LogP contribution in [-0.2, 0) is 4.74 Å². The van der Waals surface area contributed by atoms with Crippen molar-refractivity contribution in [3.63, 3.8) is 0 Å². The van der Waals surface area contributed by atoms with Crippen LogP contribution < -0.4 is 5.43 Å². The Hall–Kier alpha value is -3.18. The molecule has 0 spiro atoms. The van der Waals surface area contributed by atoms with E-state index in [-0.39, 0.29) is 5.90 Å². The van der Waals surface area contributed by atoms with Crippen LogP contribution in [0.25, 0.3) is 11.1 Å². The summed E-state index contributed by atoms with van der Waals surface area (Å²) in [7, 11) is 0. The first kappa shape index (κ1) is 18.6. The van der Waals surface area contributed by atoms with Crippen LogP contribution in [0.1, 0.15) is 21.6 Å². The number of hydrazone groups is 1. The largest absolute Gasteiger partial charge is 0.447 e. The van der Waals surface area contributed by atoms with Gasteiger partial charge < -0.3 is 4.74 Å². The summed E-state index contributed by atoms with van der Waals surface area (Å²) in [6.45, 7) is 7.62. The standard InChI is InChI=1S/C22H21N3OS/c1-4-26-22(23)18-6-5-15(2)20(13-18)17-7-9-19(10-8-17)25-24-14-21-16(3)11-12-27-21/h4-14,23,25H,1H2,2-3H3/b23-22?,24-14+. The summed E-state index contributed by atoms with van der Waals surface area (Å²) in [6, 6.07) is 16.0. The minimum absolute atomic E-state index is 0.0859. The van der Waals surface area contributed by atoms with Gasteiger partial charge in [-0.15, -0.1) is 11.3 Å². The monoisotopic (exact) mass is 375 g/mol. The Labute approximate surface area is 163 Å². The topological polar surface area (TPSA) is 57.5 Å². The predicted molar refractivity (Wildman–Crippen MR) is 115 cm³/mol. The maximum atomic E-state index is 7.93. The summed E-state index contributed by atoms with van der Waals surface area (Å²) in [5.41, 5.74) is 9.19. The van der Waals surface area contributed by atoms with Gasteiger partial charge in [0.25, 0.3) is 0 Å². The zero-order valence-electron chi connectivity index (χ0n) is 15.3. The molecule has 0 saturated heterocycles. The van der Waals surface area contributed by atoms with Crippen molar-refractivity contribution in [1.82, 2.24) is 0 Å². The van der Waals surface area contributed by atoms with Crippen molar-refractivity contribution >= 4 is 29.1 Å². The molecule has 0 atom stereocenters. The van der Waals surface area contributed by atoms with Gasteiger partial charge in [-0.25, -0.2) is 0 Å². The van der Waals surface area contributed by atoms with Crippen LogP contribution in [0.15, 0.2) is 71.9 Å². The van der Waals surface area contributed by atoms with E-state index in [9.17, 15) is 0 Å². The zero-order valence-corrected chi connectivity index (χ0v) is 16.1. The van der Waals surface area contributed by atoms with Gasteiger partial charge in [0.1, 0.15) is 0 Å². The fourth-order valence-corrected chi connectivity index (χ4v) is 3.42. The maximum absolute atomic E-state index is 7.93. The molecule has 0 saturated carbocycles. The number of hydrogen-bond donors (Lipinski definition) is 2. The highest BCUT2D eigenvalue weighted by Crippen LogP contribution is 2.26. The van der Waals surface area contributed by atoms with Gasteiger partial charge in [-0.1, -0.05) is 24.8 Å². The van der Waals surface area contributed by atoms with Gasteiger partial charge in [-0.05, 0) is 71.8 Å². The predicted octanol–water partition coefficient (Wildman–Crippen LogP) is 5.96. The lowest BCUT2D eigenvalue weighted by Crippen LogP contribution is -2.01. The molecule has 0 fully saturated rings. The van der Waals surface area contributed by atoms with Gasteiger partial charge in [-0.2, -0.15) is 5.10 Å². The van der Waals surface area contributed by atoms with E-state index in [1.54, 1.807) is 11.3 Å². The summed E-state index contributed by atoms with van der Waals surface area (Å²) in [5, 5.41) is 14.3. The molecule has 136 valence electrons. The number of ether oxygens (including phenoxy) is 1. The fraction of sp³-hybridized carbons (Fsp3) is 0.0909. The lowest BCUT2D eigenvalue weighted by Gasteiger charge is -2.10. The van der Waals surface area contributed by atoms with E-state index < -0.39 is 0 Å². The molecule has 0 bridgehead atoms. The van der Waals surface area contributed by atoms with Crippen molar-refractivity contribution in [2.24, 2.45) is 5.10 Å². The van der Waals surface area contributed by atoms with E-state index in [1.165, 1.54) is 11.8 Å². The van der Waals surface area contributed by atoms with E-state index in [2.05, 4.69) is 42.4 Å². The average molecular weight is 375 g/mol. The van der Waals surface area contributed by atoms with Gasteiger partial charge in [0.15, 0.2) is 0 Å². The molecule has 0 radical (unpaired) electrons. The van der Waals surface area contributed by atoms with Crippen LogP contribution in [0.2, 0.25) is 0 Å². The highest BCUT2D eigenvalue weighted by atomic mass is 32.1. The van der Waals surface area contributed by atoms with E-state index in [1.807, 2.05) is 48.7 Å². The SMILES string of the molecule is C=COC(=N)c1ccc(C)c(-c2ccc(N/N=C/c3sccc3C)cc2)c1. The Morgan fingerprint density at radius 3 is 2.56 bits per heavy atom. The summed E-state index contributed by atoms with van der Waals surface area (Å²) in [4.78, 5) is 1.15. The van der Waals surface area contributed by atoms with E-state index in [4.69, 9.17) is 10.1 Å². The molecule has 0 aliphatic rings. The van der Waals surface area contributed by atoms with Crippen molar-refractivity contribution in [2.75, 3.05) is 5.43 Å². The smallest absolute Gasteiger partial charge is 0.218 e. The minimum Gasteiger partial charge on any atom is -0.447 e. The van der Waals surface area contributed by atoms with Crippen molar-refractivity contribution in [3.8, 4) is 11.1 Å². The van der Waals surface area contributed by atoms with Crippen molar-refractivity contribution in [1.29, 1.82) is 5.41 Å². The highest BCUT2D eigenvalue weighted by molar-refractivity contribution is 7.11. The number of thiophene rings is 1. The molecule has 1 heterocycles. The molecule has 0 aliphatic carbocycles. The summed E-state index contributed by atoms with van der Waals surface area (Å²) >= 11 is 1.67. The van der Waals surface area contributed by atoms with Gasteiger partial charge in [0.05, 0.1) is 18.2 Å². The number of aryl methyl sites for hydroxylation is 2.